The molecule has 1 saturated heterocycles. The summed E-state index contributed by atoms with van der Waals surface area (Å²) in [7, 11) is 0. The number of pyridine rings is 1. The molecule has 0 radical (unpaired) electrons. The molecule has 0 unspecified atom stereocenters. The minimum atomic E-state index is -0.499. The zero-order chi connectivity index (χ0) is 16.2. The van der Waals surface area contributed by atoms with Crippen LogP contribution in [0, 0.1) is 0 Å². The van der Waals surface area contributed by atoms with Crippen LogP contribution in [0.25, 0.3) is 0 Å². The van der Waals surface area contributed by atoms with E-state index in [-0.39, 0.29) is 11.9 Å². The van der Waals surface area contributed by atoms with Crippen molar-refractivity contribution < 1.29 is 14.3 Å². The number of likely N-dealkylation sites (tertiary alicyclic amines) is 1. The highest BCUT2D eigenvalue weighted by Gasteiger charge is 2.26. The average molecular weight is 305 g/mol. The van der Waals surface area contributed by atoms with Crippen LogP contribution in [0.2, 0.25) is 0 Å². The van der Waals surface area contributed by atoms with Crippen LogP contribution in [0.4, 0.5) is 4.79 Å². The molecule has 120 valence electrons. The van der Waals surface area contributed by atoms with E-state index >= 15 is 0 Å². The van der Waals surface area contributed by atoms with Gasteiger partial charge in [0, 0.05) is 31.5 Å². The summed E-state index contributed by atoms with van der Waals surface area (Å²) >= 11 is 0. The van der Waals surface area contributed by atoms with E-state index in [1.54, 1.807) is 29.4 Å². The minimum absolute atomic E-state index is 0.0104. The second-order valence-corrected chi connectivity index (χ2v) is 6.45. The van der Waals surface area contributed by atoms with Gasteiger partial charge in [-0.3, -0.25) is 9.78 Å². The SMILES string of the molecule is CC(C)(C)OC(=O)NC1CCN(C(=O)c2cccnc2)CC1. The molecule has 2 rings (SSSR count). The van der Waals surface area contributed by atoms with Gasteiger partial charge in [0.15, 0.2) is 0 Å². The fraction of sp³-hybridized carbons (Fsp3) is 0.562. The first-order valence-electron chi connectivity index (χ1n) is 7.54. The van der Waals surface area contributed by atoms with E-state index in [1.165, 1.54) is 0 Å². The molecule has 2 amide bonds. The van der Waals surface area contributed by atoms with Gasteiger partial charge in [0.2, 0.25) is 0 Å². The fourth-order valence-corrected chi connectivity index (χ4v) is 2.37. The minimum Gasteiger partial charge on any atom is -0.444 e. The monoisotopic (exact) mass is 305 g/mol. The zero-order valence-corrected chi connectivity index (χ0v) is 13.3. The lowest BCUT2D eigenvalue weighted by Gasteiger charge is -2.32. The number of nitrogens with one attached hydrogen (secondary N) is 1. The summed E-state index contributed by atoms with van der Waals surface area (Å²) in [6, 6.07) is 3.57. The first kappa shape index (κ1) is 16.3. The number of aromatic nitrogens is 1. The molecule has 0 aromatic carbocycles. The summed E-state index contributed by atoms with van der Waals surface area (Å²) in [5.74, 6) is -0.0104. The Hall–Kier alpha value is -2.11. The summed E-state index contributed by atoms with van der Waals surface area (Å²) in [5, 5.41) is 2.86. The first-order chi connectivity index (χ1) is 10.3. The van der Waals surface area contributed by atoms with Gasteiger partial charge >= 0.3 is 6.09 Å². The van der Waals surface area contributed by atoms with Crippen molar-refractivity contribution in [3.63, 3.8) is 0 Å². The molecule has 0 aliphatic carbocycles. The Morgan fingerprint density at radius 2 is 2.00 bits per heavy atom. The number of amides is 2. The summed E-state index contributed by atoms with van der Waals surface area (Å²) < 4.78 is 5.25. The fourth-order valence-electron chi connectivity index (χ4n) is 2.37. The van der Waals surface area contributed by atoms with E-state index in [9.17, 15) is 9.59 Å². The summed E-state index contributed by atoms with van der Waals surface area (Å²) in [6.45, 7) is 6.74. The maximum atomic E-state index is 12.3. The zero-order valence-electron chi connectivity index (χ0n) is 13.3. The molecular weight excluding hydrogens is 282 g/mol. The Kier molecular flexibility index (Phi) is 5.00. The number of ether oxygens (including phenoxy) is 1. The second-order valence-electron chi connectivity index (χ2n) is 6.45. The van der Waals surface area contributed by atoms with E-state index in [0.29, 0.717) is 18.7 Å². The third-order valence-electron chi connectivity index (χ3n) is 3.41. The van der Waals surface area contributed by atoms with Crippen LogP contribution >= 0.6 is 0 Å². The predicted octanol–water partition coefficient (Wildman–Crippen LogP) is 2.21. The highest BCUT2D eigenvalue weighted by Crippen LogP contribution is 2.14. The molecule has 6 heteroatoms. The smallest absolute Gasteiger partial charge is 0.407 e. The summed E-state index contributed by atoms with van der Waals surface area (Å²) in [4.78, 5) is 29.8. The van der Waals surface area contributed by atoms with E-state index < -0.39 is 11.7 Å². The number of nitrogens with zero attached hydrogens (tertiary/aromatic N) is 2. The Morgan fingerprint density at radius 3 is 2.55 bits per heavy atom. The molecule has 0 bridgehead atoms. The Morgan fingerprint density at radius 1 is 1.32 bits per heavy atom. The van der Waals surface area contributed by atoms with Crippen molar-refractivity contribution in [1.82, 2.24) is 15.2 Å². The maximum absolute atomic E-state index is 12.3. The lowest BCUT2D eigenvalue weighted by Crippen LogP contribution is -2.47. The lowest BCUT2D eigenvalue weighted by molar-refractivity contribution is 0.0473. The largest absolute Gasteiger partial charge is 0.444 e. The molecule has 1 aliphatic rings. The van der Waals surface area contributed by atoms with Crippen molar-refractivity contribution in [2.24, 2.45) is 0 Å². The van der Waals surface area contributed by atoms with Gasteiger partial charge in [0.1, 0.15) is 5.60 Å². The summed E-state index contributed by atoms with van der Waals surface area (Å²) in [6.07, 6.45) is 4.28. The van der Waals surface area contributed by atoms with E-state index in [2.05, 4.69) is 10.3 Å². The molecular formula is C16H23N3O3. The highest BCUT2D eigenvalue weighted by molar-refractivity contribution is 5.93. The molecule has 22 heavy (non-hydrogen) atoms. The molecule has 1 N–H and O–H groups in total. The molecule has 1 aliphatic heterocycles. The topological polar surface area (TPSA) is 71.5 Å². The quantitative estimate of drug-likeness (QED) is 0.909. The number of hydrogen-bond donors (Lipinski definition) is 1. The van der Waals surface area contributed by atoms with Crippen LogP contribution in [-0.2, 0) is 4.74 Å². The molecule has 6 nitrogen and oxygen atoms in total. The van der Waals surface area contributed by atoms with Crippen molar-refractivity contribution in [1.29, 1.82) is 0 Å². The van der Waals surface area contributed by atoms with Gasteiger partial charge in [-0.2, -0.15) is 0 Å². The second kappa shape index (κ2) is 6.77. The van der Waals surface area contributed by atoms with Gasteiger partial charge in [-0.05, 0) is 45.7 Å². The number of hydrogen-bond acceptors (Lipinski definition) is 4. The van der Waals surface area contributed by atoms with Crippen molar-refractivity contribution >= 4 is 12.0 Å². The van der Waals surface area contributed by atoms with Crippen LogP contribution in [0.5, 0.6) is 0 Å². The van der Waals surface area contributed by atoms with Crippen molar-refractivity contribution in [2.45, 2.75) is 45.3 Å². The molecule has 1 aromatic rings. The van der Waals surface area contributed by atoms with Crippen molar-refractivity contribution in [3.8, 4) is 0 Å². The first-order valence-corrected chi connectivity index (χ1v) is 7.54. The van der Waals surface area contributed by atoms with Crippen molar-refractivity contribution in [2.75, 3.05) is 13.1 Å². The number of rotatable bonds is 2. The number of piperidine rings is 1. The van der Waals surface area contributed by atoms with Gasteiger partial charge in [-0.15, -0.1) is 0 Å². The van der Waals surface area contributed by atoms with Crippen LogP contribution in [-0.4, -0.2) is 46.6 Å². The molecule has 2 heterocycles. The number of carbonyl (C=O) groups excluding carboxylic acids is 2. The van der Waals surface area contributed by atoms with Gasteiger partial charge in [0.25, 0.3) is 5.91 Å². The van der Waals surface area contributed by atoms with Gasteiger partial charge < -0.3 is 15.0 Å². The van der Waals surface area contributed by atoms with Gasteiger partial charge in [-0.25, -0.2) is 4.79 Å². The molecule has 0 saturated carbocycles. The van der Waals surface area contributed by atoms with Crippen LogP contribution in [0.3, 0.4) is 0 Å². The standard InChI is InChI=1S/C16H23N3O3/c1-16(2,3)22-15(21)18-13-6-9-19(10-7-13)14(20)12-5-4-8-17-11-12/h4-5,8,11,13H,6-7,9-10H2,1-3H3,(H,18,21). The maximum Gasteiger partial charge on any atom is 0.407 e. The molecule has 0 atom stereocenters. The third-order valence-corrected chi connectivity index (χ3v) is 3.41. The van der Waals surface area contributed by atoms with Crippen molar-refractivity contribution in [3.05, 3.63) is 30.1 Å². The molecule has 1 aromatic heterocycles. The number of alkyl carbamates (subject to hydrolysis) is 1. The highest BCUT2D eigenvalue weighted by atomic mass is 16.6. The molecule has 1 fully saturated rings. The van der Waals surface area contributed by atoms with Crippen LogP contribution < -0.4 is 5.32 Å². The van der Waals surface area contributed by atoms with Crippen LogP contribution in [0.1, 0.15) is 44.0 Å². The lowest BCUT2D eigenvalue weighted by atomic mass is 10.0. The normalized spacial score (nSPS) is 16.2. The number of carbonyl (C=O) groups is 2. The van der Waals surface area contributed by atoms with E-state index in [0.717, 1.165) is 12.8 Å². The third kappa shape index (κ3) is 4.72. The predicted molar refractivity (Wildman–Crippen MR) is 82.5 cm³/mol. The molecule has 0 spiro atoms. The van der Waals surface area contributed by atoms with Crippen LogP contribution in [0.15, 0.2) is 24.5 Å². The summed E-state index contributed by atoms with van der Waals surface area (Å²) in [5.41, 5.74) is 0.0992. The average Bonchev–Trinajstić information content (AvgIpc) is 2.46. The Bertz CT molecular complexity index is 517. The van der Waals surface area contributed by atoms with Gasteiger partial charge in [-0.1, -0.05) is 0 Å². The van der Waals surface area contributed by atoms with E-state index in [4.69, 9.17) is 4.74 Å². The Labute approximate surface area is 130 Å². The van der Waals surface area contributed by atoms with E-state index in [1.807, 2.05) is 20.8 Å². The van der Waals surface area contributed by atoms with Gasteiger partial charge in [0.05, 0.1) is 5.56 Å². The Balaban J connectivity index is 1.81.